The molecule has 1 unspecified atom stereocenters. The quantitative estimate of drug-likeness (QED) is 0.0202. The van der Waals surface area contributed by atoms with Crippen LogP contribution in [0.25, 0.3) is 0 Å². The van der Waals surface area contributed by atoms with E-state index in [9.17, 15) is 14.4 Å². The summed E-state index contributed by atoms with van der Waals surface area (Å²) in [4.78, 5) is 37.7. The van der Waals surface area contributed by atoms with Crippen molar-refractivity contribution in [3.05, 3.63) is 36.5 Å². The van der Waals surface area contributed by atoms with Crippen LogP contribution in [0.4, 0.5) is 0 Å². The highest BCUT2D eigenvalue weighted by molar-refractivity contribution is 5.71. The zero-order valence-electron chi connectivity index (χ0n) is 36.4. The normalized spacial score (nSPS) is 12.3. The van der Waals surface area contributed by atoms with Crippen LogP contribution in [0.5, 0.6) is 0 Å². The monoisotopic (exact) mass is 773 g/mol. The van der Waals surface area contributed by atoms with Crippen molar-refractivity contribution in [2.45, 2.75) is 245 Å². The summed E-state index contributed by atoms with van der Waals surface area (Å²) < 4.78 is 16.7. The molecule has 0 amide bonds. The third-order valence-electron chi connectivity index (χ3n) is 10.1. The summed E-state index contributed by atoms with van der Waals surface area (Å²) in [7, 11) is 0. The molecule has 320 valence electrons. The molecule has 0 saturated carbocycles. The zero-order chi connectivity index (χ0) is 40.1. The van der Waals surface area contributed by atoms with Gasteiger partial charge in [-0.05, 0) is 64.2 Å². The molecule has 0 rings (SSSR count). The first kappa shape index (κ1) is 52.6. The lowest BCUT2D eigenvalue weighted by Crippen LogP contribution is -2.30. The lowest BCUT2D eigenvalue weighted by molar-refractivity contribution is -0.167. The fourth-order valence-corrected chi connectivity index (χ4v) is 6.53. The Labute approximate surface area is 340 Å². The standard InChI is InChI=1S/C49H88O6/c1-4-7-10-13-16-19-21-22-23-24-25-26-28-30-33-36-39-42-48(51)54-45-46(44-53-47(50)41-38-35-32-29-18-15-12-9-6-3)55-49(52)43-40-37-34-31-27-20-17-14-11-8-5-2/h14,17,20,22-23,27,46H,4-13,15-16,18-19,21,24-26,28-45H2,1-3H3/b17-14-,23-22-,27-20-. The van der Waals surface area contributed by atoms with E-state index in [0.29, 0.717) is 19.3 Å². The average Bonchev–Trinajstić information content (AvgIpc) is 3.18. The van der Waals surface area contributed by atoms with Gasteiger partial charge in [0.05, 0.1) is 0 Å². The summed E-state index contributed by atoms with van der Waals surface area (Å²) in [6, 6.07) is 0. The van der Waals surface area contributed by atoms with Gasteiger partial charge in [-0.1, -0.05) is 192 Å². The molecule has 6 heteroatoms. The number of hydrogen-bond donors (Lipinski definition) is 0. The summed E-state index contributed by atoms with van der Waals surface area (Å²) in [6.45, 7) is 6.53. The number of allylic oxidation sites excluding steroid dienone is 6. The number of hydrogen-bond acceptors (Lipinski definition) is 6. The molecule has 0 aromatic rings. The third kappa shape index (κ3) is 42.6. The molecule has 0 saturated heterocycles. The molecule has 0 N–H and O–H groups in total. The molecular formula is C49H88O6. The molecule has 0 spiro atoms. The number of unbranched alkanes of at least 4 members (excludes halogenated alkanes) is 26. The zero-order valence-corrected chi connectivity index (χ0v) is 36.4. The third-order valence-corrected chi connectivity index (χ3v) is 10.1. The second-order valence-corrected chi connectivity index (χ2v) is 15.7. The molecule has 0 fully saturated rings. The van der Waals surface area contributed by atoms with Crippen LogP contribution >= 0.6 is 0 Å². The van der Waals surface area contributed by atoms with Gasteiger partial charge in [-0.2, -0.15) is 0 Å². The molecule has 0 heterocycles. The van der Waals surface area contributed by atoms with Gasteiger partial charge >= 0.3 is 17.9 Å². The molecule has 0 aromatic heterocycles. The van der Waals surface area contributed by atoms with Crippen molar-refractivity contribution in [1.29, 1.82) is 0 Å². The van der Waals surface area contributed by atoms with Crippen LogP contribution in [0.15, 0.2) is 36.5 Å². The van der Waals surface area contributed by atoms with Gasteiger partial charge in [0.2, 0.25) is 0 Å². The van der Waals surface area contributed by atoms with E-state index in [0.717, 1.165) is 70.6 Å². The van der Waals surface area contributed by atoms with Crippen LogP contribution in [-0.4, -0.2) is 37.2 Å². The Kier molecular flexibility index (Phi) is 42.4. The first-order valence-corrected chi connectivity index (χ1v) is 23.5. The number of carbonyl (C=O) groups excluding carboxylic acids is 3. The predicted octanol–water partition coefficient (Wildman–Crippen LogP) is 15.0. The maximum Gasteiger partial charge on any atom is 0.306 e. The number of ether oxygens (including phenoxy) is 3. The summed E-state index contributed by atoms with van der Waals surface area (Å²) >= 11 is 0. The Bertz CT molecular complexity index is 938. The molecule has 0 radical (unpaired) electrons. The SMILES string of the molecule is CCCC/C=C\C=C/CCCCCC(=O)OC(COC(=O)CCCCCCCCC/C=C\CCCCCCCC)COC(=O)CCCCCCCCCCC. The summed E-state index contributed by atoms with van der Waals surface area (Å²) in [6.07, 6.45) is 49.9. The summed E-state index contributed by atoms with van der Waals surface area (Å²) in [5, 5.41) is 0. The fourth-order valence-electron chi connectivity index (χ4n) is 6.53. The van der Waals surface area contributed by atoms with Gasteiger partial charge in [-0.3, -0.25) is 14.4 Å². The van der Waals surface area contributed by atoms with Crippen LogP contribution in [0.1, 0.15) is 239 Å². The molecular weight excluding hydrogens is 685 g/mol. The van der Waals surface area contributed by atoms with Crippen LogP contribution in [0.3, 0.4) is 0 Å². The molecule has 55 heavy (non-hydrogen) atoms. The highest BCUT2D eigenvalue weighted by Crippen LogP contribution is 2.14. The van der Waals surface area contributed by atoms with Crippen LogP contribution in [0, 0.1) is 0 Å². The first-order valence-electron chi connectivity index (χ1n) is 23.5. The minimum Gasteiger partial charge on any atom is -0.462 e. The van der Waals surface area contributed by atoms with E-state index in [2.05, 4.69) is 57.2 Å². The maximum absolute atomic E-state index is 12.7. The van der Waals surface area contributed by atoms with Gasteiger partial charge in [0.15, 0.2) is 6.10 Å². The Hall–Kier alpha value is -2.37. The summed E-state index contributed by atoms with van der Waals surface area (Å²) in [5.74, 6) is -0.916. The van der Waals surface area contributed by atoms with Crippen molar-refractivity contribution in [2.75, 3.05) is 13.2 Å². The number of rotatable bonds is 42. The topological polar surface area (TPSA) is 78.9 Å². The van der Waals surface area contributed by atoms with Crippen molar-refractivity contribution in [2.24, 2.45) is 0 Å². The highest BCUT2D eigenvalue weighted by atomic mass is 16.6. The molecule has 0 aliphatic carbocycles. The van der Waals surface area contributed by atoms with Crippen LogP contribution in [-0.2, 0) is 28.6 Å². The second kappa shape index (κ2) is 44.3. The Morgan fingerprint density at radius 1 is 0.364 bits per heavy atom. The molecule has 0 bridgehead atoms. The lowest BCUT2D eigenvalue weighted by atomic mass is 10.1. The summed E-state index contributed by atoms with van der Waals surface area (Å²) in [5.41, 5.74) is 0. The first-order chi connectivity index (χ1) is 27.0. The number of carbonyl (C=O) groups is 3. The minimum absolute atomic E-state index is 0.0826. The maximum atomic E-state index is 12.7. The smallest absolute Gasteiger partial charge is 0.306 e. The van der Waals surface area contributed by atoms with E-state index in [4.69, 9.17) is 14.2 Å². The van der Waals surface area contributed by atoms with E-state index in [1.54, 1.807) is 0 Å². The van der Waals surface area contributed by atoms with Gasteiger partial charge in [0.1, 0.15) is 13.2 Å². The van der Waals surface area contributed by atoms with Gasteiger partial charge in [0.25, 0.3) is 0 Å². The van der Waals surface area contributed by atoms with Crippen molar-refractivity contribution < 1.29 is 28.6 Å². The van der Waals surface area contributed by atoms with Crippen LogP contribution < -0.4 is 0 Å². The van der Waals surface area contributed by atoms with Gasteiger partial charge < -0.3 is 14.2 Å². The Morgan fingerprint density at radius 2 is 0.673 bits per heavy atom. The lowest BCUT2D eigenvalue weighted by Gasteiger charge is -2.18. The molecule has 6 nitrogen and oxygen atoms in total. The van der Waals surface area contributed by atoms with E-state index in [1.807, 2.05) is 0 Å². The second-order valence-electron chi connectivity index (χ2n) is 15.7. The average molecular weight is 773 g/mol. The van der Waals surface area contributed by atoms with Crippen molar-refractivity contribution in [1.82, 2.24) is 0 Å². The van der Waals surface area contributed by atoms with E-state index in [-0.39, 0.29) is 31.1 Å². The molecule has 0 aliphatic rings. The van der Waals surface area contributed by atoms with Crippen molar-refractivity contribution in [3.63, 3.8) is 0 Å². The van der Waals surface area contributed by atoms with E-state index in [1.165, 1.54) is 128 Å². The largest absolute Gasteiger partial charge is 0.462 e. The molecule has 1 atom stereocenters. The van der Waals surface area contributed by atoms with Gasteiger partial charge in [-0.25, -0.2) is 0 Å². The van der Waals surface area contributed by atoms with Crippen molar-refractivity contribution >= 4 is 17.9 Å². The van der Waals surface area contributed by atoms with E-state index >= 15 is 0 Å². The van der Waals surface area contributed by atoms with Crippen LogP contribution in [0.2, 0.25) is 0 Å². The molecule has 0 aliphatic heterocycles. The Morgan fingerprint density at radius 3 is 1.09 bits per heavy atom. The minimum atomic E-state index is -0.781. The highest BCUT2D eigenvalue weighted by Gasteiger charge is 2.19. The fraction of sp³-hybridized carbons (Fsp3) is 0.816. The number of esters is 3. The van der Waals surface area contributed by atoms with E-state index < -0.39 is 6.10 Å². The van der Waals surface area contributed by atoms with Gasteiger partial charge in [-0.15, -0.1) is 0 Å². The predicted molar refractivity (Wildman–Crippen MR) is 233 cm³/mol. The van der Waals surface area contributed by atoms with Crippen molar-refractivity contribution in [3.8, 4) is 0 Å². The van der Waals surface area contributed by atoms with Gasteiger partial charge in [0, 0.05) is 19.3 Å². The molecule has 0 aromatic carbocycles. The Balaban J connectivity index is 4.33.